The Morgan fingerprint density at radius 2 is 0.900 bits per heavy atom. The van der Waals surface area contributed by atoms with Gasteiger partial charge in [0.05, 0.1) is 11.4 Å². The minimum absolute atomic E-state index is 0.339. The highest BCUT2D eigenvalue weighted by Crippen LogP contribution is 2.33. The van der Waals surface area contributed by atoms with Crippen molar-refractivity contribution in [2.75, 3.05) is 9.80 Å². The standard InChI is InChI=1S/C24H20N2O4/c1-3-15-13-17(5-7-19(15)25-21(27)9-10-22(25)28)18-6-8-20(16(4-2)14-18)26-23(29)11-12-24(26)30/h5-14H,3-4H2,1-2H3. The second-order valence-corrected chi connectivity index (χ2v) is 7.08. The van der Waals surface area contributed by atoms with Crippen LogP contribution in [-0.4, -0.2) is 23.6 Å². The van der Waals surface area contributed by atoms with Crippen LogP contribution in [0.5, 0.6) is 0 Å². The van der Waals surface area contributed by atoms with Gasteiger partial charge >= 0.3 is 0 Å². The molecule has 6 heteroatoms. The molecule has 0 aliphatic carbocycles. The summed E-state index contributed by atoms with van der Waals surface area (Å²) in [5, 5.41) is 0. The molecule has 0 atom stereocenters. The molecule has 2 aromatic carbocycles. The molecule has 0 fully saturated rings. The zero-order valence-electron chi connectivity index (χ0n) is 16.7. The fourth-order valence-electron chi connectivity index (χ4n) is 3.81. The van der Waals surface area contributed by atoms with Gasteiger partial charge in [0.2, 0.25) is 0 Å². The van der Waals surface area contributed by atoms with E-state index in [0.717, 1.165) is 22.3 Å². The molecule has 2 aromatic rings. The average molecular weight is 400 g/mol. The molecular formula is C24H20N2O4. The largest absolute Gasteiger partial charge is 0.269 e. The Hall–Kier alpha value is -3.80. The van der Waals surface area contributed by atoms with Gasteiger partial charge in [0, 0.05) is 24.3 Å². The van der Waals surface area contributed by atoms with Gasteiger partial charge in [0.15, 0.2) is 0 Å². The number of amides is 4. The number of hydrogen-bond donors (Lipinski definition) is 0. The summed E-state index contributed by atoms with van der Waals surface area (Å²) in [6, 6.07) is 11.2. The molecule has 0 bridgehead atoms. The predicted molar refractivity (Wildman–Crippen MR) is 114 cm³/mol. The van der Waals surface area contributed by atoms with Crippen LogP contribution in [0.2, 0.25) is 0 Å². The first-order chi connectivity index (χ1) is 14.4. The van der Waals surface area contributed by atoms with Crippen molar-refractivity contribution in [3.05, 3.63) is 71.8 Å². The van der Waals surface area contributed by atoms with Gasteiger partial charge in [-0.2, -0.15) is 0 Å². The normalized spacial score (nSPS) is 15.8. The van der Waals surface area contributed by atoms with E-state index in [0.29, 0.717) is 24.2 Å². The summed E-state index contributed by atoms with van der Waals surface area (Å²) in [7, 11) is 0. The minimum atomic E-state index is -0.339. The van der Waals surface area contributed by atoms with E-state index < -0.39 is 0 Å². The van der Waals surface area contributed by atoms with E-state index >= 15 is 0 Å². The first-order valence-corrected chi connectivity index (χ1v) is 9.83. The maximum Gasteiger partial charge on any atom is 0.258 e. The molecule has 0 unspecified atom stereocenters. The minimum Gasteiger partial charge on any atom is -0.269 e. The van der Waals surface area contributed by atoms with Crippen molar-refractivity contribution in [3.8, 4) is 11.1 Å². The van der Waals surface area contributed by atoms with Crippen LogP contribution < -0.4 is 9.80 Å². The number of hydrogen-bond acceptors (Lipinski definition) is 4. The molecule has 0 saturated carbocycles. The van der Waals surface area contributed by atoms with Crippen LogP contribution in [-0.2, 0) is 32.0 Å². The summed E-state index contributed by atoms with van der Waals surface area (Å²) in [5.74, 6) is -1.36. The third kappa shape index (κ3) is 3.16. The monoisotopic (exact) mass is 400 g/mol. The highest BCUT2D eigenvalue weighted by atomic mass is 16.2. The third-order valence-corrected chi connectivity index (χ3v) is 5.35. The molecule has 4 rings (SSSR count). The first-order valence-electron chi connectivity index (χ1n) is 9.83. The maximum atomic E-state index is 12.1. The topological polar surface area (TPSA) is 74.8 Å². The maximum absolute atomic E-state index is 12.1. The summed E-state index contributed by atoms with van der Waals surface area (Å²) >= 11 is 0. The van der Waals surface area contributed by atoms with Crippen LogP contribution in [0.15, 0.2) is 60.7 Å². The van der Waals surface area contributed by atoms with E-state index in [2.05, 4.69) is 0 Å². The lowest BCUT2D eigenvalue weighted by Gasteiger charge is -2.20. The smallest absolute Gasteiger partial charge is 0.258 e. The van der Waals surface area contributed by atoms with E-state index in [-0.39, 0.29) is 23.6 Å². The van der Waals surface area contributed by atoms with Crippen LogP contribution in [0.3, 0.4) is 0 Å². The Labute approximate surface area is 174 Å². The summed E-state index contributed by atoms with van der Waals surface area (Å²) in [6.45, 7) is 3.94. The molecule has 2 heterocycles. The van der Waals surface area contributed by atoms with Crippen molar-refractivity contribution in [3.63, 3.8) is 0 Å². The first kappa shape index (κ1) is 19.5. The van der Waals surface area contributed by atoms with Crippen molar-refractivity contribution < 1.29 is 19.2 Å². The van der Waals surface area contributed by atoms with E-state index in [1.165, 1.54) is 34.1 Å². The van der Waals surface area contributed by atoms with Gasteiger partial charge in [-0.25, -0.2) is 9.80 Å². The zero-order valence-corrected chi connectivity index (χ0v) is 16.7. The Morgan fingerprint density at radius 1 is 0.567 bits per heavy atom. The zero-order chi connectivity index (χ0) is 21.4. The number of imide groups is 2. The molecular weight excluding hydrogens is 380 g/mol. The highest BCUT2D eigenvalue weighted by Gasteiger charge is 2.28. The number of aryl methyl sites for hydroxylation is 2. The lowest BCUT2D eigenvalue weighted by molar-refractivity contribution is -0.121. The molecule has 0 N–H and O–H groups in total. The number of benzene rings is 2. The number of carbonyl (C=O) groups is 4. The molecule has 30 heavy (non-hydrogen) atoms. The quantitative estimate of drug-likeness (QED) is 0.722. The second-order valence-electron chi connectivity index (χ2n) is 7.08. The van der Waals surface area contributed by atoms with Gasteiger partial charge < -0.3 is 0 Å². The molecule has 0 saturated heterocycles. The molecule has 0 spiro atoms. The SMILES string of the molecule is CCc1cc(-c2ccc(N3C(=O)C=CC3=O)c(CC)c2)ccc1N1C(=O)C=CC1=O. The van der Waals surface area contributed by atoms with E-state index in [9.17, 15) is 19.2 Å². The van der Waals surface area contributed by atoms with Gasteiger partial charge in [-0.3, -0.25) is 19.2 Å². The number of nitrogens with zero attached hydrogens (tertiary/aromatic N) is 2. The Morgan fingerprint density at radius 3 is 1.20 bits per heavy atom. The van der Waals surface area contributed by atoms with Crippen LogP contribution >= 0.6 is 0 Å². The summed E-state index contributed by atoms with van der Waals surface area (Å²) in [5.41, 5.74) is 4.81. The van der Waals surface area contributed by atoms with E-state index in [1.54, 1.807) is 12.1 Å². The fraction of sp³-hybridized carbons (Fsp3) is 0.167. The molecule has 2 aliphatic rings. The van der Waals surface area contributed by atoms with Gasteiger partial charge in [0.25, 0.3) is 23.6 Å². The number of carbonyl (C=O) groups excluding carboxylic acids is 4. The fourth-order valence-corrected chi connectivity index (χ4v) is 3.81. The van der Waals surface area contributed by atoms with Gasteiger partial charge in [-0.15, -0.1) is 0 Å². The molecule has 0 radical (unpaired) electrons. The Bertz CT molecular complexity index is 1030. The van der Waals surface area contributed by atoms with Crippen molar-refractivity contribution in [2.45, 2.75) is 26.7 Å². The van der Waals surface area contributed by atoms with Crippen LogP contribution in [0.25, 0.3) is 11.1 Å². The van der Waals surface area contributed by atoms with Gasteiger partial charge in [-0.05, 0) is 59.4 Å². The van der Waals surface area contributed by atoms with E-state index in [4.69, 9.17) is 0 Å². The molecule has 0 aromatic heterocycles. The molecule has 4 amide bonds. The summed E-state index contributed by atoms with van der Waals surface area (Å²) in [6.07, 6.45) is 6.41. The van der Waals surface area contributed by atoms with Crippen LogP contribution in [0, 0.1) is 0 Å². The summed E-state index contributed by atoms with van der Waals surface area (Å²) < 4.78 is 0. The van der Waals surface area contributed by atoms with Crippen molar-refractivity contribution >= 4 is 35.0 Å². The third-order valence-electron chi connectivity index (χ3n) is 5.35. The molecule has 6 nitrogen and oxygen atoms in total. The van der Waals surface area contributed by atoms with Crippen LogP contribution in [0.4, 0.5) is 11.4 Å². The van der Waals surface area contributed by atoms with Crippen molar-refractivity contribution in [2.24, 2.45) is 0 Å². The van der Waals surface area contributed by atoms with Gasteiger partial charge in [-0.1, -0.05) is 26.0 Å². The number of anilines is 2. The predicted octanol–water partition coefficient (Wildman–Crippen LogP) is 3.34. The Kier molecular flexibility index (Phi) is 4.91. The molecule has 2 aliphatic heterocycles. The average Bonchev–Trinajstić information content (AvgIpc) is 3.27. The summed E-state index contributed by atoms with van der Waals surface area (Å²) in [4.78, 5) is 50.6. The second kappa shape index (κ2) is 7.55. The van der Waals surface area contributed by atoms with Gasteiger partial charge in [0.1, 0.15) is 0 Å². The lowest BCUT2D eigenvalue weighted by Crippen LogP contribution is -2.30. The lowest BCUT2D eigenvalue weighted by atomic mass is 9.97. The molecule has 150 valence electrons. The van der Waals surface area contributed by atoms with Crippen molar-refractivity contribution in [1.29, 1.82) is 0 Å². The highest BCUT2D eigenvalue weighted by molar-refractivity contribution is 6.29. The number of rotatable bonds is 5. The van der Waals surface area contributed by atoms with Crippen LogP contribution in [0.1, 0.15) is 25.0 Å². The Balaban J connectivity index is 1.72. The van der Waals surface area contributed by atoms with Crippen molar-refractivity contribution in [1.82, 2.24) is 0 Å². The van der Waals surface area contributed by atoms with E-state index in [1.807, 2.05) is 38.1 Å².